The van der Waals surface area contributed by atoms with Crippen molar-refractivity contribution in [1.29, 1.82) is 0 Å². The first-order chi connectivity index (χ1) is 19.1. The van der Waals surface area contributed by atoms with E-state index in [1.54, 1.807) is 4.90 Å². The van der Waals surface area contributed by atoms with Crippen LogP contribution in [0.15, 0.2) is 29.3 Å². The molecule has 0 radical (unpaired) electrons. The summed E-state index contributed by atoms with van der Waals surface area (Å²) in [5.74, 6) is 5.76. The van der Waals surface area contributed by atoms with Crippen LogP contribution >= 0.6 is 11.3 Å². The predicted octanol–water partition coefficient (Wildman–Crippen LogP) is 2.39. The lowest BCUT2D eigenvalue weighted by molar-refractivity contribution is -0.142. The minimum absolute atomic E-state index is 0.0434. The SMILES string of the molecule is NNC=NCCC[C@H](NC(=O)[C@@H]1CCCN1C(=O)[C@@H]1NCC[C@@H]2CCCC[C@@H]21)C(=O)c1nc2ccccc2s1. The van der Waals surface area contributed by atoms with Crippen LogP contribution < -0.4 is 21.9 Å². The number of aromatic nitrogens is 1. The zero-order valence-electron chi connectivity index (χ0n) is 22.3. The molecular formula is C28H39N7O3S. The number of amides is 2. The summed E-state index contributed by atoms with van der Waals surface area (Å²) in [6.07, 6.45) is 9.58. The van der Waals surface area contributed by atoms with Crippen LogP contribution in [-0.2, 0) is 9.59 Å². The van der Waals surface area contributed by atoms with Crippen molar-refractivity contribution in [3.63, 3.8) is 0 Å². The number of Topliss-reactive ketones (excluding diaryl/α,β-unsaturated/α-hetero) is 1. The third-order valence-corrected chi connectivity index (χ3v) is 9.51. The number of para-hydroxylation sites is 1. The van der Waals surface area contributed by atoms with Gasteiger partial charge in [-0.1, -0.05) is 31.4 Å². The monoisotopic (exact) mass is 553 g/mol. The van der Waals surface area contributed by atoms with E-state index in [0.717, 1.165) is 42.4 Å². The van der Waals surface area contributed by atoms with Gasteiger partial charge in [-0.05, 0) is 69.0 Å². The van der Waals surface area contributed by atoms with Gasteiger partial charge in [-0.25, -0.2) is 10.8 Å². The molecule has 5 atom stereocenters. The van der Waals surface area contributed by atoms with Crippen LogP contribution in [0.1, 0.15) is 67.6 Å². The molecule has 0 unspecified atom stereocenters. The second-order valence-corrected chi connectivity index (χ2v) is 11.9. The molecule has 5 N–H and O–H groups in total. The molecule has 1 aromatic carbocycles. The number of hydrogen-bond donors (Lipinski definition) is 4. The first-order valence-corrected chi connectivity index (χ1v) is 15.1. The van der Waals surface area contributed by atoms with E-state index in [0.29, 0.717) is 49.2 Å². The highest BCUT2D eigenvalue weighted by atomic mass is 32.1. The van der Waals surface area contributed by atoms with Crippen molar-refractivity contribution in [2.45, 2.75) is 75.9 Å². The molecule has 1 aromatic heterocycles. The number of nitrogens with zero attached hydrogens (tertiary/aromatic N) is 3. The molecule has 1 saturated carbocycles. The van der Waals surface area contributed by atoms with Gasteiger partial charge in [0.1, 0.15) is 6.04 Å². The Bertz CT molecular complexity index is 1170. The van der Waals surface area contributed by atoms with E-state index in [4.69, 9.17) is 5.84 Å². The van der Waals surface area contributed by atoms with Gasteiger partial charge < -0.3 is 21.0 Å². The maximum atomic E-state index is 13.8. The van der Waals surface area contributed by atoms with Crippen LogP contribution in [0.2, 0.25) is 0 Å². The summed E-state index contributed by atoms with van der Waals surface area (Å²) in [5, 5.41) is 6.87. The number of piperidine rings is 1. The van der Waals surface area contributed by atoms with Crippen molar-refractivity contribution in [1.82, 2.24) is 25.9 Å². The fraction of sp³-hybridized carbons (Fsp3) is 0.607. The van der Waals surface area contributed by atoms with Gasteiger partial charge in [-0.15, -0.1) is 11.3 Å². The molecule has 11 heteroatoms. The summed E-state index contributed by atoms with van der Waals surface area (Å²) < 4.78 is 0.929. The molecule has 210 valence electrons. The van der Waals surface area contributed by atoms with E-state index in [-0.39, 0.29) is 23.6 Å². The van der Waals surface area contributed by atoms with Crippen LogP contribution in [0.4, 0.5) is 0 Å². The third-order valence-electron chi connectivity index (χ3n) is 8.46. The van der Waals surface area contributed by atoms with Crippen molar-refractivity contribution < 1.29 is 14.4 Å². The van der Waals surface area contributed by atoms with E-state index >= 15 is 0 Å². The molecule has 2 saturated heterocycles. The van der Waals surface area contributed by atoms with E-state index in [1.807, 2.05) is 24.3 Å². The normalized spacial score (nSPS) is 25.9. The fourth-order valence-electron chi connectivity index (χ4n) is 6.53. The standard InChI is InChI=1S/C28H39N7O3S/c29-32-17-30-14-5-10-21(25(36)27-34-20-9-3-4-12-23(20)39-27)33-26(37)22-11-6-16-35(22)28(38)24-19-8-2-1-7-18(19)13-15-31-24/h3-4,9,12,17-19,21-22,24,31H,1-2,5-8,10-11,13-16,29H2,(H,30,32)(H,33,37)/t18-,19-,21-,22-,24+/m0/s1. The van der Waals surface area contributed by atoms with Gasteiger partial charge in [0.05, 0.1) is 28.6 Å². The maximum Gasteiger partial charge on any atom is 0.243 e. The Labute approximate surface area is 233 Å². The number of thiazole rings is 1. The van der Waals surface area contributed by atoms with Gasteiger partial charge in [0, 0.05) is 13.1 Å². The first-order valence-electron chi connectivity index (χ1n) is 14.2. The molecule has 2 amide bonds. The van der Waals surface area contributed by atoms with Gasteiger partial charge in [0.15, 0.2) is 5.01 Å². The Hall–Kier alpha value is -2.89. The van der Waals surface area contributed by atoms with Gasteiger partial charge in [-0.3, -0.25) is 19.4 Å². The first kappa shape index (κ1) is 27.7. The molecule has 3 aliphatic rings. The number of hydrazine groups is 1. The predicted molar refractivity (Wildman–Crippen MR) is 152 cm³/mol. The molecule has 0 spiro atoms. The smallest absolute Gasteiger partial charge is 0.243 e. The van der Waals surface area contributed by atoms with Crippen molar-refractivity contribution in [3.05, 3.63) is 29.3 Å². The van der Waals surface area contributed by atoms with Gasteiger partial charge in [0.25, 0.3) is 0 Å². The summed E-state index contributed by atoms with van der Waals surface area (Å²) in [5.41, 5.74) is 3.14. The van der Waals surface area contributed by atoms with Gasteiger partial charge >= 0.3 is 0 Å². The highest BCUT2D eigenvalue weighted by Crippen LogP contribution is 2.38. The molecular weight excluding hydrogens is 514 g/mol. The summed E-state index contributed by atoms with van der Waals surface area (Å²) in [7, 11) is 0. The molecule has 5 rings (SSSR count). The zero-order chi connectivity index (χ0) is 27.2. The topological polar surface area (TPSA) is 142 Å². The van der Waals surface area contributed by atoms with Crippen molar-refractivity contribution >= 4 is 45.5 Å². The minimum atomic E-state index is -0.743. The van der Waals surface area contributed by atoms with Gasteiger partial charge in [0.2, 0.25) is 17.6 Å². The van der Waals surface area contributed by atoms with Crippen molar-refractivity contribution in [3.8, 4) is 0 Å². The Balaban J connectivity index is 1.29. The minimum Gasteiger partial charge on any atom is -0.344 e. The van der Waals surface area contributed by atoms with E-state index in [1.165, 1.54) is 30.5 Å². The number of aliphatic imine (C=N–C) groups is 1. The van der Waals surface area contributed by atoms with E-state index in [9.17, 15) is 14.4 Å². The highest BCUT2D eigenvalue weighted by molar-refractivity contribution is 7.20. The average Bonchev–Trinajstić information content (AvgIpc) is 3.63. The molecule has 3 fully saturated rings. The molecule has 3 heterocycles. The molecule has 39 heavy (non-hydrogen) atoms. The van der Waals surface area contributed by atoms with Crippen LogP contribution in [0.5, 0.6) is 0 Å². The molecule has 1 aliphatic carbocycles. The molecule has 2 aliphatic heterocycles. The van der Waals surface area contributed by atoms with Crippen molar-refractivity contribution in [2.24, 2.45) is 22.7 Å². The molecule has 2 aromatic rings. The second-order valence-electron chi connectivity index (χ2n) is 10.9. The van der Waals surface area contributed by atoms with Gasteiger partial charge in [-0.2, -0.15) is 0 Å². The number of nitrogens with one attached hydrogen (secondary N) is 3. The lowest BCUT2D eigenvalue weighted by Crippen LogP contribution is -2.59. The Morgan fingerprint density at radius 3 is 2.87 bits per heavy atom. The van der Waals surface area contributed by atoms with E-state index in [2.05, 4.69) is 26.0 Å². The largest absolute Gasteiger partial charge is 0.344 e. The Kier molecular flexibility index (Phi) is 9.21. The Morgan fingerprint density at radius 1 is 1.18 bits per heavy atom. The summed E-state index contributed by atoms with van der Waals surface area (Å²) >= 11 is 1.33. The third kappa shape index (κ3) is 6.31. The number of benzene rings is 1. The number of ketones is 1. The lowest BCUT2D eigenvalue weighted by Gasteiger charge is -2.43. The average molecular weight is 554 g/mol. The summed E-state index contributed by atoms with van der Waals surface area (Å²) in [4.78, 5) is 51.4. The molecule has 0 bridgehead atoms. The summed E-state index contributed by atoms with van der Waals surface area (Å²) in [6.45, 7) is 1.89. The number of nitrogens with two attached hydrogens (primary N) is 1. The number of hydrogen-bond acceptors (Lipinski definition) is 8. The number of carbonyl (C=O) groups excluding carboxylic acids is 3. The number of likely N-dealkylation sites (tertiary alicyclic amines) is 1. The quantitative estimate of drug-likeness (QED) is 0.0884. The summed E-state index contributed by atoms with van der Waals surface area (Å²) in [6, 6.07) is 6.10. The number of carbonyl (C=O) groups is 3. The van der Waals surface area contributed by atoms with Crippen LogP contribution in [0, 0.1) is 11.8 Å². The fourth-order valence-corrected chi connectivity index (χ4v) is 7.49. The van der Waals surface area contributed by atoms with Crippen LogP contribution in [0.25, 0.3) is 10.2 Å². The second kappa shape index (κ2) is 13.0. The Morgan fingerprint density at radius 2 is 2.03 bits per heavy atom. The lowest BCUT2D eigenvalue weighted by atomic mass is 9.71. The number of fused-ring (bicyclic) bond motifs is 2. The number of rotatable bonds is 10. The highest BCUT2D eigenvalue weighted by Gasteiger charge is 2.44. The molecule has 10 nitrogen and oxygen atoms in total. The van der Waals surface area contributed by atoms with Crippen LogP contribution in [0.3, 0.4) is 0 Å². The maximum absolute atomic E-state index is 13.8. The van der Waals surface area contributed by atoms with Crippen molar-refractivity contribution in [2.75, 3.05) is 19.6 Å². The van der Waals surface area contributed by atoms with Crippen LogP contribution in [-0.4, -0.2) is 71.6 Å². The van der Waals surface area contributed by atoms with E-state index < -0.39 is 12.1 Å². The zero-order valence-corrected chi connectivity index (χ0v) is 23.1.